The van der Waals surface area contributed by atoms with Crippen molar-refractivity contribution in [3.05, 3.63) is 77.5 Å². The second kappa shape index (κ2) is 11.7. The van der Waals surface area contributed by atoms with E-state index in [0.29, 0.717) is 39.0 Å². The minimum atomic E-state index is -0.843. The van der Waals surface area contributed by atoms with Crippen LogP contribution < -0.4 is 0 Å². The molecule has 0 spiro atoms. The van der Waals surface area contributed by atoms with E-state index in [0.717, 1.165) is 47.5 Å². The summed E-state index contributed by atoms with van der Waals surface area (Å²) in [5.74, 6) is -2.40. The Hall–Kier alpha value is -3.85. The van der Waals surface area contributed by atoms with E-state index in [2.05, 4.69) is 4.90 Å². The summed E-state index contributed by atoms with van der Waals surface area (Å²) in [6, 6.07) is 10.3. The molecular weight excluding hydrogens is 516 g/mol. The molecule has 2 aromatic carbocycles. The summed E-state index contributed by atoms with van der Waals surface area (Å²) in [7, 11) is 0. The van der Waals surface area contributed by atoms with Gasteiger partial charge in [0.15, 0.2) is 0 Å². The predicted molar refractivity (Wildman–Crippen MR) is 148 cm³/mol. The summed E-state index contributed by atoms with van der Waals surface area (Å²) in [4.78, 5) is 40.9. The maximum absolute atomic E-state index is 13.4. The summed E-state index contributed by atoms with van der Waals surface area (Å²) >= 11 is 0. The maximum atomic E-state index is 13.4. The molecule has 7 nitrogen and oxygen atoms in total. The van der Waals surface area contributed by atoms with Crippen LogP contribution in [0.3, 0.4) is 0 Å². The fourth-order valence-electron chi connectivity index (χ4n) is 6.32. The summed E-state index contributed by atoms with van der Waals surface area (Å²) in [6.07, 6.45) is 7.37. The van der Waals surface area contributed by atoms with E-state index >= 15 is 0 Å². The van der Waals surface area contributed by atoms with Crippen LogP contribution in [0.2, 0.25) is 0 Å². The number of fused-ring (bicyclic) bond motifs is 1. The number of carbonyl (C=O) groups is 3. The Morgan fingerprint density at radius 1 is 0.950 bits per heavy atom. The molecule has 2 fully saturated rings. The number of halogens is 2. The van der Waals surface area contributed by atoms with E-state index in [1.807, 2.05) is 30.5 Å². The lowest BCUT2D eigenvalue weighted by Crippen LogP contribution is -2.52. The molecule has 0 radical (unpaired) electrons. The quantitative estimate of drug-likeness (QED) is 0.430. The van der Waals surface area contributed by atoms with Crippen molar-refractivity contribution < 1.29 is 28.3 Å². The smallest absolute Gasteiger partial charge is 0.321 e. The van der Waals surface area contributed by atoms with Crippen molar-refractivity contribution in [2.75, 3.05) is 26.2 Å². The highest BCUT2D eigenvalue weighted by Gasteiger charge is 2.38. The molecule has 3 heterocycles. The van der Waals surface area contributed by atoms with Crippen LogP contribution in [0.4, 0.5) is 8.78 Å². The zero-order valence-electron chi connectivity index (χ0n) is 22.4. The van der Waals surface area contributed by atoms with Crippen LogP contribution in [0.15, 0.2) is 54.7 Å². The van der Waals surface area contributed by atoms with Gasteiger partial charge in [0.25, 0.3) is 0 Å². The van der Waals surface area contributed by atoms with E-state index in [1.54, 1.807) is 16.4 Å². The topological polar surface area (TPSA) is 82.8 Å². The first kappa shape index (κ1) is 27.7. The number of para-hydroxylation sites is 1. The molecule has 210 valence electrons. The van der Waals surface area contributed by atoms with Crippen LogP contribution >= 0.6 is 0 Å². The van der Waals surface area contributed by atoms with Crippen molar-refractivity contribution in [3.63, 3.8) is 0 Å². The van der Waals surface area contributed by atoms with Crippen molar-refractivity contribution in [2.24, 2.45) is 5.92 Å². The van der Waals surface area contributed by atoms with Crippen molar-refractivity contribution in [1.82, 2.24) is 14.4 Å². The Morgan fingerprint density at radius 2 is 1.60 bits per heavy atom. The van der Waals surface area contributed by atoms with Gasteiger partial charge in [-0.25, -0.2) is 8.78 Å². The number of amides is 1. The highest BCUT2D eigenvalue weighted by Crippen LogP contribution is 2.36. The Kier molecular flexibility index (Phi) is 8.12. The average Bonchev–Trinajstić information content (AvgIpc) is 3.32. The van der Waals surface area contributed by atoms with Crippen LogP contribution in [0.1, 0.15) is 54.4 Å². The lowest BCUT2D eigenvalue weighted by molar-refractivity contribution is -0.147. The number of carboxylic acids is 1. The standard InChI is InChI=1S/C31H33F2N3O4/c1-20(37)36-19-27(26-4-2-3-5-28(26)36)22-8-14-35(15-9-22)30(31(39)40)23-10-12-34(13-11-23)29(38)7-6-21-16-24(32)18-25(33)17-21/h2-7,16-19,22-23,30H,8-15H2,1H3,(H,39,40). The van der Waals surface area contributed by atoms with E-state index in [-0.39, 0.29) is 29.2 Å². The number of aromatic nitrogens is 1. The van der Waals surface area contributed by atoms with Gasteiger partial charge < -0.3 is 10.0 Å². The highest BCUT2D eigenvalue weighted by molar-refractivity contribution is 5.94. The van der Waals surface area contributed by atoms with E-state index < -0.39 is 23.6 Å². The van der Waals surface area contributed by atoms with Crippen molar-refractivity contribution in [3.8, 4) is 0 Å². The number of rotatable bonds is 6. The number of carboxylic acid groups (broad SMARTS) is 1. The van der Waals surface area contributed by atoms with Gasteiger partial charge >= 0.3 is 5.97 Å². The van der Waals surface area contributed by atoms with Crippen LogP contribution in [-0.2, 0) is 9.59 Å². The molecule has 2 aliphatic rings. The van der Waals surface area contributed by atoms with Gasteiger partial charge in [-0.15, -0.1) is 0 Å². The fraction of sp³-hybridized carbons (Fsp3) is 0.387. The first-order valence-corrected chi connectivity index (χ1v) is 13.7. The molecule has 9 heteroatoms. The largest absolute Gasteiger partial charge is 0.480 e. The SMILES string of the molecule is CC(=O)n1cc(C2CCN(C(C(=O)O)C3CCN(C(=O)C=Cc4cc(F)cc(F)c4)CC3)CC2)c2ccccc21. The van der Waals surface area contributed by atoms with Crippen LogP contribution in [-0.4, -0.2) is 69.5 Å². The molecule has 1 unspecified atom stereocenters. The Balaban J connectivity index is 1.19. The third-order valence-electron chi connectivity index (χ3n) is 8.30. The minimum Gasteiger partial charge on any atom is -0.480 e. The molecule has 0 bridgehead atoms. The molecule has 0 aliphatic carbocycles. The zero-order chi connectivity index (χ0) is 28.4. The highest BCUT2D eigenvalue weighted by atomic mass is 19.1. The second-order valence-electron chi connectivity index (χ2n) is 10.8. The summed E-state index contributed by atoms with van der Waals surface area (Å²) < 4.78 is 28.5. The van der Waals surface area contributed by atoms with Crippen LogP contribution in [0.25, 0.3) is 17.0 Å². The Morgan fingerprint density at radius 3 is 2.23 bits per heavy atom. The Labute approximate surface area is 231 Å². The predicted octanol–water partition coefficient (Wildman–Crippen LogP) is 5.16. The number of carbonyl (C=O) groups excluding carboxylic acids is 2. The lowest BCUT2D eigenvalue weighted by atomic mass is 9.84. The Bertz CT molecular complexity index is 1430. The van der Waals surface area contributed by atoms with Gasteiger partial charge in [-0.1, -0.05) is 18.2 Å². The molecule has 1 N–H and O–H groups in total. The molecule has 1 aromatic heterocycles. The minimum absolute atomic E-state index is 0.0333. The van der Waals surface area contributed by atoms with Crippen molar-refractivity contribution >= 4 is 34.8 Å². The molecule has 40 heavy (non-hydrogen) atoms. The fourth-order valence-corrected chi connectivity index (χ4v) is 6.32. The first-order valence-electron chi connectivity index (χ1n) is 13.7. The van der Waals surface area contributed by atoms with Gasteiger partial charge in [-0.3, -0.25) is 23.9 Å². The van der Waals surface area contributed by atoms with E-state index in [1.165, 1.54) is 12.2 Å². The molecule has 5 rings (SSSR count). The lowest BCUT2D eigenvalue weighted by Gasteiger charge is -2.41. The van der Waals surface area contributed by atoms with Gasteiger partial charge in [-0.05, 0) is 86.0 Å². The summed E-state index contributed by atoms with van der Waals surface area (Å²) in [5, 5.41) is 11.2. The third-order valence-corrected chi connectivity index (χ3v) is 8.30. The van der Waals surface area contributed by atoms with Gasteiger partial charge in [0, 0.05) is 43.7 Å². The average molecular weight is 550 g/mol. The molecule has 3 aromatic rings. The number of aliphatic carboxylic acids is 1. The number of benzene rings is 2. The number of hydrogen-bond acceptors (Lipinski definition) is 4. The molecular formula is C31H33F2N3O4. The van der Waals surface area contributed by atoms with Crippen LogP contribution in [0, 0.1) is 17.6 Å². The van der Waals surface area contributed by atoms with Crippen LogP contribution in [0.5, 0.6) is 0 Å². The summed E-state index contributed by atoms with van der Waals surface area (Å²) in [6.45, 7) is 3.70. The van der Waals surface area contributed by atoms with Gasteiger partial charge in [0.05, 0.1) is 5.52 Å². The van der Waals surface area contributed by atoms with Crippen molar-refractivity contribution in [1.29, 1.82) is 0 Å². The molecule has 0 saturated carbocycles. The second-order valence-corrected chi connectivity index (χ2v) is 10.8. The molecule has 2 saturated heterocycles. The zero-order valence-corrected chi connectivity index (χ0v) is 22.4. The van der Waals surface area contributed by atoms with Crippen molar-refractivity contribution in [2.45, 2.75) is 44.6 Å². The first-order chi connectivity index (χ1) is 19.2. The molecule has 2 aliphatic heterocycles. The van der Waals surface area contributed by atoms with E-state index in [9.17, 15) is 28.3 Å². The van der Waals surface area contributed by atoms with Gasteiger partial charge in [0.2, 0.25) is 11.8 Å². The number of nitrogens with zero attached hydrogens (tertiary/aromatic N) is 3. The number of hydrogen-bond donors (Lipinski definition) is 1. The van der Waals surface area contributed by atoms with Gasteiger partial charge in [-0.2, -0.15) is 0 Å². The molecule has 1 atom stereocenters. The number of likely N-dealkylation sites (tertiary alicyclic amines) is 2. The normalized spacial score (nSPS) is 18.4. The van der Waals surface area contributed by atoms with Gasteiger partial charge in [0.1, 0.15) is 17.7 Å². The summed E-state index contributed by atoms with van der Waals surface area (Å²) in [5.41, 5.74) is 2.30. The number of piperidine rings is 2. The monoisotopic (exact) mass is 549 g/mol. The molecule has 1 amide bonds. The van der Waals surface area contributed by atoms with E-state index in [4.69, 9.17) is 0 Å². The third kappa shape index (κ3) is 5.84. The maximum Gasteiger partial charge on any atom is 0.321 e.